The van der Waals surface area contributed by atoms with Crippen molar-refractivity contribution in [3.8, 4) is 11.4 Å². The van der Waals surface area contributed by atoms with E-state index in [0.717, 1.165) is 11.1 Å². The summed E-state index contributed by atoms with van der Waals surface area (Å²) in [5, 5.41) is 4.88. The third-order valence-corrected chi connectivity index (χ3v) is 3.41. The highest BCUT2D eigenvalue weighted by Gasteiger charge is 2.04. The quantitative estimate of drug-likeness (QED) is 0.524. The van der Waals surface area contributed by atoms with Crippen LogP contribution in [0.4, 0.5) is 0 Å². The monoisotopic (exact) mass is 339 g/mol. The number of halogens is 1. The summed E-state index contributed by atoms with van der Waals surface area (Å²) in [7, 11) is 0. The Balaban J connectivity index is 1.59. The van der Waals surface area contributed by atoms with Gasteiger partial charge in [-0.25, -0.2) is 14.5 Å². The van der Waals surface area contributed by atoms with E-state index in [2.05, 4.69) is 10.1 Å². The first-order valence-corrected chi connectivity index (χ1v) is 7.64. The fraction of sp³-hybridized carbons (Fsp3) is 0.0556. The Bertz CT molecular complexity index is 859. The van der Waals surface area contributed by atoms with Gasteiger partial charge < -0.3 is 4.74 Å². The molecule has 0 amide bonds. The van der Waals surface area contributed by atoms with Crippen LogP contribution in [-0.4, -0.2) is 20.7 Å². The molecule has 0 aliphatic rings. The van der Waals surface area contributed by atoms with E-state index >= 15 is 0 Å². The van der Waals surface area contributed by atoms with Crippen LogP contribution in [0, 0.1) is 0 Å². The molecule has 0 saturated heterocycles. The summed E-state index contributed by atoms with van der Waals surface area (Å²) in [5.41, 5.74) is 1.74. The van der Waals surface area contributed by atoms with Crippen LogP contribution >= 0.6 is 11.6 Å². The maximum absolute atomic E-state index is 11.7. The topological polar surface area (TPSA) is 57.0 Å². The summed E-state index contributed by atoms with van der Waals surface area (Å²) in [6.45, 7) is 0.231. The van der Waals surface area contributed by atoms with Gasteiger partial charge in [-0.2, -0.15) is 0 Å². The van der Waals surface area contributed by atoms with E-state index in [-0.39, 0.29) is 6.61 Å². The molecule has 6 heteroatoms. The molecule has 1 aromatic heterocycles. The van der Waals surface area contributed by atoms with Crippen molar-refractivity contribution in [1.29, 1.82) is 0 Å². The lowest BCUT2D eigenvalue weighted by Crippen LogP contribution is -2.01. The maximum atomic E-state index is 11.7. The molecular weight excluding hydrogens is 326 g/mol. The first-order valence-electron chi connectivity index (χ1n) is 7.27. The lowest BCUT2D eigenvalue weighted by molar-refractivity contribution is -0.138. The van der Waals surface area contributed by atoms with Gasteiger partial charge >= 0.3 is 5.97 Å². The smallest absolute Gasteiger partial charge is 0.332 e. The van der Waals surface area contributed by atoms with Crippen molar-refractivity contribution < 1.29 is 9.53 Å². The van der Waals surface area contributed by atoms with Gasteiger partial charge in [-0.3, -0.25) is 0 Å². The number of nitrogens with zero attached hydrogens (tertiary/aromatic N) is 3. The lowest BCUT2D eigenvalue weighted by Gasteiger charge is -2.01. The van der Waals surface area contributed by atoms with Crippen molar-refractivity contribution in [2.45, 2.75) is 6.61 Å². The van der Waals surface area contributed by atoms with Gasteiger partial charge in [-0.1, -0.05) is 54.1 Å². The maximum Gasteiger partial charge on any atom is 0.332 e. The normalized spacial score (nSPS) is 10.9. The molecule has 0 aliphatic carbocycles. The summed E-state index contributed by atoms with van der Waals surface area (Å²) < 4.78 is 6.60. The summed E-state index contributed by atoms with van der Waals surface area (Å²) >= 11 is 5.95. The van der Waals surface area contributed by atoms with E-state index in [1.165, 1.54) is 23.3 Å². The molecule has 0 spiro atoms. The summed E-state index contributed by atoms with van der Waals surface area (Å²) in [4.78, 5) is 15.9. The van der Waals surface area contributed by atoms with Gasteiger partial charge in [0.25, 0.3) is 0 Å². The zero-order valence-corrected chi connectivity index (χ0v) is 13.4. The van der Waals surface area contributed by atoms with Crippen molar-refractivity contribution in [3.63, 3.8) is 0 Å². The third-order valence-electron chi connectivity index (χ3n) is 3.18. The predicted molar refractivity (Wildman–Crippen MR) is 92.0 cm³/mol. The zero-order chi connectivity index (χ0) is 16.8. The first-order chi connectivity index (χ1) is 11.7. The number of hydrogen-bond acceptors (Lipinski definition) is 4. The van der Waals surface area contributed by atoms with Gasteiger partial charge in [0.2, 0.25) is 0 Å². The van der Waals surface area contributed by atoms with E-state index in [0.29, 0.717) is 10.8 Å². The number of ether oxygens (including phenoxy) is 1. The Morgan fingerprint density at radius 2 is 2.00 bits per heavy atom. The van der Waals surface area contributed by atoms with Gasteiger partial charge in [0.15, 0.2) is 5.82 Å². The molecule has 0 radical (unpaired) electrons. The Morgan fingerprint density at radius 3 is 2.79 bits per heavy atom. The van der Waals surface area contributed by atoms with Gasteiger partial charge in [0.05, 0.1) is 0 Å². The Hall–Kier alpha value is -2.92. The molecule has 3 rings (SSSR count). The standard InChI is InChI=1S/C18H14ClN3O2/c19-16-8-4-7-15(11-16)18-20-13-22(21-18)10-9-17(23)24-12-14-5-2-1-3-6-14/h1-11,13H,12H2/b10-9-. The molecule has 0 aliphatic heterocycles. The van der Waals surface area contributed by atoms with Crippen LogP contribution in [-0.2, 0) is 16.1 Å². The molecule has 0 saturated carbocycles. The van der Waals surface area contributed by atoms with Crippen LogP contribution in [0.25, 0.3) is 17.6 Å². The summed E-state index contributed by atoms with van der Waals surface area (Å²) in [6.07, 6.45) is 4.31. The van der Waals surface area contributed by atoms with Crippen LogP contribution in [0.3, 0.4) is 0 Å². The molecule has 24 heavy (non-hydrogen) atoms. The fourth-order valence-corrected chi connectivity index (χ4v) is 2.21. The van der Waals surface area contributed by atoms with Crippen molar-refractivity contribution >= 4 is 23.8 Å². The van der Waals surface area contributed by atoms with E-state index in [4.69, 9.17) is 16.3 Å². The summed E-state index contributed by atoms with van der Waals surface area (Å²) in [5.74, 6) is 0.0819. The Labute approximate surface area is 144 Å². The molecule has 3 aromatic rings. The van der Waals surface area contributed by atoms with Crippen LogP contribution in [0.5, 0.6) is 0 Å². The average molecular weight is 340 g/mol. The highest BCUT2D eigenvalue weighted by Crippen LogP contribution is 2.18. The fourth-order valence-electron chi connectivity index (χ4n) is 2.02. The minimum atomic E-state index is -0.446. The lowest BCUT2D eigenvalue weighted by atomic mass is 10.2. The minimum absolute atomic E-state index is 0.231. The van der Waals surface area contributed by atoms with E-state index in [9.17, 15) is 4.79 Å². The van der Waals surface area contributed by atoms with Crippen molar-refractivity contribution in [1.82, 2.24) is 14.8 Å². The van der Waals surface area contributed by atoms with Crippen LogP contribution in [0.15, 0.2) is 67.0 Å². The van der Waals surface area contributed by atoms with Gasteiger partial charge in [0.1, 0.15) is 12.9 Å². The molecule has 120 valence electrons. The van der Waals surface area contributed by atoms with Crippen molar-refractivity contribution in [3.05, 3.63) is 77.6 Å². The Morgan fingerprint density at radius 1 is 1.17 bits per heavy atom. The molecule has 2 aromatic carbocycles. The highest BCUT2D eigenvalue weighted by molar-refractivity contribution is 6.30. The van der Waals surface area contributed by atoms with Gasteiger partial charge in [0, 0.05) is 22.9 Å². The van der Waals surface area contributed by atoms with Crippen molar-refractivity contribution in [2.24, 2.45) is 0 Å². The number of hydrogen-bond donors (Lipinski definition) is 0. The molecule has 1 heterocycles. The van der Waals surface area contributed by atoms with Gasteiger partial charge in [-0.05, 0) is 17.7 Å². The second-order valence-corrected chi connectivity index (χ2v) is 5.40. The average Bonchev–Trinajstić information content (AvgIpc) is 3.08. The van der Waals surface area contributed by atoms with E-state index < -0.39 is 5.97 Å². The first kappa shape index (κ1) is 16.0. The number of rotatable bonds is 5. The molecule has 0 bridgehead atoms. The zero-order valence-electron chi connectivity index (χ0n) is 12.7. The second-order valence-electron chi connectivity index (χ2n) is 4.97. The Kier molecular flexibility index (Phi) is 5.03. The third kappa shape index (κ3) is 4.30. The minimum Gasteiger partial charge on any atom is -0.458 e. The van der Waals surface area contributed by atoms with Crippen molar-refractivity contribution in [2.75, 3.05) is 0 Å². The number of carbonyl (C=O) groups excluding carboxylic acids is 1. The predicted octanol–water partition coefficient (Wildman–Crippen LogP) is 3.81. The number of aromatic nitrogens is 3. The van der Waals surface area contributed by atoms with Crippen LogP contribution in [0.1, 0.15) is 5.56 Å². The number of carbonyl (C=O) groups is 1. The molecular formula is C18H14ClN3O2. The number of esters is 1. The SMILES string of the molecule is O=C(/C=C\n1cnc(-c2cccc(Cl)c2)n1)OCc1ccccc1. The largest absolute Gasteiger partial charge is 0.458 e. The highest BCUT2D eigenvalue weighted by atomic mass is 35.5. The second kappa shape index (κ2) is 7.57. The van der Waals surface area contributed by atoms with E-state index in [1.54, 1.807) is 12.1 Å². The molecule has 0 unspecified atom stereocenters. The van der Waals surface area contributed by atoms with E-state index in [1.807, 2.05) is 42.5 Å². The summed E-state index contributed by atoms with van der Waals surface area (Å²) in [6, 6.07) is 16.7. The van der Waals surface area contributed by atoms with Gasteiger partial charge in [-0.15, -0.1) is 5.10 Å². The molecule has 0 N–H and O–H groups in total. The number of benzene rings is 2. The molecule has 0 fully saturated rings. The molecule has 5 nitrogen and oxygen atoms in total. The molecule has 0 atom stereocenters. The van der Waals surface area contributed by atoms with Crippen LogP contribution < -0.4 is 0 Å². The van der Waals surface area contributed by atoms with Crippen LogP contribution in [0.2, 0.25) is 5.02 Å².